The Balaban J connectivity index is 0.000000771. The van der Waals surface area contributed by atoms with Crippen molar-refractivity contribution >= 4 is 11.6 Å². The zero-order valence-corrected chi connectivity index (χ0v) is 11.9. The van der Waals surface area contributed by atoms with Crippen LogP contribution < -0.4 is 0 Å². The van der Waals surface area contributed by atoms with E-state index in [1.165, 1.54) is 28.7 Å². The van der Waals surface area contributed by atoms with Crippen molar-refractivity contribution in [2.24, 2.45) is 0 Å². The molecule has 0 bridgehead atoms. The summed E-state index contributed by atoms with van der Waals surface area (Å²) >= 11 is 0. The molecular formula is C18H24. The van der Waals surface area contributed by atoms with Crippen LogP contribution in [0.4, 0.5) is 0 Å². The van der Waals surface area contributed by atoms with Gasteiger partial charge in [0.15, 0.2) is 0 Å². The summed E-state index contributed by atoms with van der Waals surface area (Å²) in [6, 6.07) is 6.54. The first-order valence-corrected chi connectivity index (χ1v) is 6.98. The lowest BCUT2D eigenvalue weighted by atomic mass is 9.96. The van der Waals surface area contributed by atoms with E-state index < -0.39 is 0 Å². The number of rotatable bonds is 4. The third-order valence-corrected chi connectivity index (χ3v) is 3.00. The van der Waals surface area contributed by atoms with Gasteiger partial charge in [0.05, 0.1) is 0 Å². The van der Waals surface area contributed by atoms with E-state index in [0.29, 0.717) is 0 Å². The molecule has 0 unspecified atom stereocenters. The van der Waals surface area contributed by atoms with Crippen molar-refractivity contribution in [2.75, 3.05) is 0 Å². The lowest BCUT2D eigenvalue weighted by Crippen LogP contribution is -1.89. The number of hydrogen-bond acceptors (Lipinski definition) is 0. The van der Waals surface area contributed by atoms with E-state index in [-0.39, 0.29) is 0 Å². The summed E-state index contributed by atoms with van der Waals surface area (Å²) in [5, 5.41) is 0. The minimum atomic E-state index is 1.07. The molecule has 18 heavy (non-hydrogen) atoms. The van der Waals surface area contributed by atoms with Gasteiger partial charge in [-0.1, -0.05) is 76.3 Å². The average molecular weight is 240 g/mol. The molecule has 1 aromatic carbocycles. The van der Waals surface area contributed by atoms with Crippen LogP contribution in [0.3, 0.4) is 0 Å². The fourth-order valence-corrected chi connectivity index (χ4v) is 2.15. The molecule has 0 saturated heterocycles. The third-order valence-electron chi connectivity index (χ3n) is 3.00. The molecule has 0 aromatic heterocycles. The lowest BCUT2D eigenvalue weighted by molar-refractivity contribution is 0.960. The van der Waals surface area contributed by atoms with Gasteiger partial charge in [0, 0.05) is 0 Å². The molecule has 0 heteroatoms. The molecule has 1 aromatic rings. The molecule has 0 heterocycles. The quantitative estimate of drug-likeness (QED) is 0.596. The second-order valence-corrected chi connectivity index (χ2v) is 4.14. The van der Waals surface area contributed by atoms with Crippen molar-refractivity contribution in [3.63, 3.8) is 0 Å². The molecule has 0 spiro atoms. The topological polar surface area (TPSA) is 0 Å². The number of fused-ring (bicyclic) bond motifs is 1. The van der Waals surface area contributed by atoms with Crippen LogP contribution in [0.5, 0.6) is 0 Å². The van der Waals surface area contributed by atoms with Gasteiger partial charge in [0.25, 0.3) is 0 Å². The van der Waals surface area contributed by atoms with Gasteiger partial charge < -0.3 is 0 Å². The zero-order valence-electron chi connectivity index (χ0n) is 11.9. The van der Waals surface area contributed by atoms with Crippen LogP contribution in [0.2, 0.25) is 0 Å². The molecule has 0 atom stereocenters. The first-order valence-electron chi connectivity index (χ1n) is 6.98. The highest BCUT2D eigenvalue weighted by Gasteiger charge is 2.10. The summed E-state index contributed by atoms with van der Waals surface area (Å²) in [6.45, 7) is 10.1. The number of hydrogen-bond donors (Lipinski definition) is 0. The van der Waals surface area contributed by atoms with Crippen LogP contribution in [-0.4, -0.2) is 0 Å². The second-order valence-electron chi connectivity index (χ2n) is 4.14. The lowest BCUT2D eigenvalue weighted by Gasteiger charge is -2.08. The van der Waals surface area contributed by atoms with Gasteiger partial charge >= 0.3 is 0 Å². The highest BCUT2D eigenvalue weighted by molar-refractivity contribution is 5.82. The maximum atomic E-state index is 3.92. The van der Waals surface area contributed by atoms with Gasteiger partial charge in [-0.25, -0.2) is 0 Å². The Kier molecular flexibility index (Phi) is 6.21. The van der Waals surface area contributed by atoms with Crippen molar-refractivity contribution < 1.29 is 0 Å². The van der Waals surface area contributed by atoms with Crippen LogP contribution >= 0.6 is 0 Å². The molecule has 0 nitrogen and oxygen atoms in total. The Bertz CT molecular complexity index is 447. The van der Waals surface area contributed by atoms with Gasteiger partial charge in [-0.15, -0.1) is 0 Å². The molecule has 1 aliphatic carbocycles. The molecule has 0 radical (unpaired) electrons. The van der Waals surface area contributed by atoms with Gasteiger partial charge in [0.1, 0.15) is 0 Å². The highest BCUT2D eigenvalue weighted by Crippen LogP contribution is 2.29. The largest absolute Gasteiger partial charge is 0.0985 e. The van der Waals surface area contributed by atoms with Crippen molar-refractivity contribution in [3.05, 3.63) is 59.7 Å². The first kappa shape index (κ1) is 14.5. The summed E-state index contributed by atoms with van der Waals surface area (Å²) < 4.78 is 0. The van der Waals surface area contributed by atoms with Crippen LogP contribution in [0, 0.1) is 0 Å². The maximum Gasteiger partial charge on any atom is -0.00879 e. The van der Waals surface area contributed by atoms with E-state index in [1.54, 1.807) is 0 Å². The van der Waals surface area contributed by atoms with Gasteiger partial charge in [-0.3, -0.25) is 0 Å². The van der Waals surface area contributed by atoms with Crippen molar-refractivity contribution in [2.45, 2.75) is 40.0 Å². The maximum absolute atomic E-state index is 3.92. The van der Waals surface area contributed by atoms with Crippen molar-refractivity contribution in [1.29, 1.82) is 0 Å². The van der Waals surface area contributed by atoms with E-state index in [9.17, 15) is 0 Å². The summed E-state index contributed by atoms with van der Waals surface area (Å²) in [6.07, 6.45) is 12.1. The number of unbranched alkanes of at least 4 members (excludes halogenated alkanes) is 1. The molecule has 0 amide bonds. The van der Waals surface area contributed by atoms with Crippen LogP contribution in [0.15, 0.2) is 43.0 Å². The number of benzene rings is 1. The minimum Gasteiger partial charge on any atom is -0.0985 e. The molecule has 96 valence electrons. The molecule has 0 saturated carbocycles. The van der Waals surface area contributed by atoms with E-state index in [4.69, 9.17) is 0 Å². The molecule has 0 fully saturated rings. The zero-order chi connectivity index (χ0) is 13.4. The van der Waals surface area contributed by atoms with E-state index in [2.05, 4.69) is 49.9 Å². The molecule has 2 rings (SSSR count). The van der Waals surface area contributed by atoms with Crippen molar-refractivity contribution in [1.82, 2.24) is 0 Å². The minimum absolute atomic E-state index is 1.07. The van der Waals surface area contributed by atoms with Gasteiger partial charge in [-0.2, -0.15) is 0 Å². The van der Waals surface area contributed by atoms with Crippen LogP contribution in [0.25, 0.3) is 11.6 Å². The molecule has 1 aliphatic rings. The SMILES string of the molecule is C=C/C(=C\CCC)c1cccc2c1C=CC2.CC. The smallest absolute Gasteiger partial charge is 0.00879 e. The highest BCUT2D eigenvalue weighted by atomic mass is 14.1. The molecular weight excluding hydrogens is 216 g/mol. The van der Waals surface area contributed by atoms with Crippen LogP contribution in [-0.2, 0) is 6.42 Å². The monoisotopic (exact) mass is 240 g/mol. The summed E-state index contributed by atoms with van der Waals surface area (Å²) in [5.41, 5.74) is 5.41. The Morgan fingerprint density at radius 1 is 1.33 bits per heavy atom. The Morgan fingerprint density at radius 3 is 2.78 bits per heavy atom. The predicted molar refractivity (Wildman–Crippen MR) is 83.6 cm³/mol. The van der Waals surface area contributed by atoms with Gasteiger partial charge in [-0.05, 0) is 35.1 Å². The normalized spacial score (nSPS) is 12.7. The van der Waals surface area contributed by atoms with Crippen molar-refractivity contribution in [3.8, 4) is 0 Å². The van der Waals surface area contributed by atoms with Gasteiger partial charge in [0.2, 0.25) is 0 Å². The predicted octanol–water partition coefficient (Wildman–Crippen LogP) is 5.65. The fraction of sp³-hybridized carbons (Fsp3) is 0.333. The summed E-state index contributed by atoms with van der Waals surface area (Å²) in [4.78, 5) is 0. The fourth-order valence-electron chi connectivity index (χ4n) is 2.15. The Hall–Kier alpha value is -1.56. The average Bonchev–Trinajstić information content (AvgIpc) is 2.91. The Morgan fingerprint density at radius 2 is 2.11 bits per heavy atom. The molecule has 0 N–H and O–H groups in total. The third kappa shape index (κ3) is 3.22. The first-order chi connectivity index (χ1) is 8.86. The number of allylic oxidation sites excluding steroid dienone is 4. The summed E-state index contributed by atoms with van der Waals surface area (Å²) in [7, 11) is 0. The summed E-state index contributed by atoms with van der Waals surface area (Å²) in [5.74, 6) is 0. The van der Waals surface area contributed by atoms with E-state index in [1.807, 2.05) is 19.9 Å². The van der Waals surface area contributed by atoms with Crippen LogP contribution in [0.1, 0.15) is 50.3 Å². The second kappa shape index (κ2) is 7.71. The van der Waals surface area contributed by atoms with E-state index in [0.717, 1.165) is 12.8 Å². The Labute approximate surface area is 112 Å². The standard InChI is InChI=1S/C16H18.C2H6/c1-3-5-8-13(4-2)15-11-6-9-14-10-7-12-16(14)15;1-2/h4,6-9,11-12H,2-3,5,10H2,1H3;1-2H3/b13-8+;. The molecule has 0 aliphatic heterocycles. The van der Waals surface area contributed by atoms with E-state index >= 15 is 0 Å².